The number of aromatic hydroxyl groups is 1. The van der Waals surface area contributed by atoms with E-state index in [0.29, 0.717) is 0 Å². The number of urea groups is 1. The van der Waals surface area contributed by atoms with Crippen molar-refractivity contribution < 1.29 is 15.1 Å². The fourth-order valence-corrected chi connectivity index (χ4v) is 0.797. The van der Waals surface area contributed by atoms with Crippen molar-refractivity contribution in [3.05, 3.63) is 29.5 Å². The van der Waals surface area contributed by atoms with Crippen LogP contribution in [0.25, 0.3) is 0 Å². The molecule has 0 spiro atoms. The van der Waals surface area contributed by atoms with Gasteiger partial charge in [-0.2, -0.15) is 5.43 Å². The molecule has 70 valence electrons. The van der Waals surface area contributed by atoms with Crippen LogP contribution in [0.1, 0.15) is 0 Å². The quantitative estimate of drug-likeness (QED) is 0.349. The lowest BCUT2D eigenvalue weighted by molar-refractivity contribution is -0.816. The van der Waals surface area contributed by atoms with Crippen molar-refractivity contribution in [2.75, 3.05) is 0 Å². The number of quaternary nitrogens is 1. The normalized spacial score (nSPS) is 12.1. The predicted octanol–water partition coefficient (Wildman–Crippen LogP) is -1.01. The van der Waals surface area contributed by atoms with Crippen molar-refractivity contribution in [3.8, 4) is 5.75 Å². The Morgan fingerprint density at radius 3 is 2.46 bits per heavy atom. The lowest BCUT2D eigenvalue weighted by Crippen LogP contribution is -3.10. The molecular formula is C7H9N3O3. The van der Waals surface area contributed by atoms with E-state index in [9.17, 15) is 10.0 Å². The number of amides is 2. The third kappa shape index (κ3) is 2.62. The first kappa shape index (κ1) is 9.30. The van der Waals surface area contributed by atoms with E-state index in [1.807, 2.05) is 5.43 Å². The molecule has 0 saturated heterocycles. The van der Waals surface area contributed by atoms with E-state index in [2.05, 4.69) is 0 Å². The van der Waals surface area contributed by atoms with Gasteiger partial charge in [-0.3, -0.25) is 0 Å². The Labute approximate surface area is 74.1 Å². The number of nitrogens with two attached hydrogens (primary N) is 1. The molecule has 0 heterocycles. The number of nitrogens with one attached hydrogen (secondary N) is 2. The molecule has 0 aliphatic carbocycles. The third-order valence-corrected chi connectivity index (χ3v) is 1.37. The summed E-state index contributed by atoms with van der Waals surface area (Å²) in [5.74, 6) is 0.0515. The highest BCUT2D eigenvalue weighted by atomic mass is 16.5. The second-order valence-electron chi connectivity index (χ2n) is 2.37. The van der Waals surface area contributed by atoms with Crippen LogP contribution >= 0.6 is 0 Å². The van der Waals surface area contributed by atoms with Crippen molar-refractivity contribution in [2.24, 2.45) is 5.73 Å². The minimum absolute atomic E-state index is 0.0515. The van der Waals surface area contributed by atoms with Gasteiger partial charge in [-0.25, -0.2) is 9.97 Å². The molecule has 0 aliphatic rings. The summed E-state index contributed by atoms with van der Waals surface area (Å²) < 4.78 is 0. The van der Waals surface area contributed by atoms with Gasteiger partial charge in [0.2, 0.25) is 0 Å². The summed E-state index contributed by atoms with van der Waals surface area (Å²) in [5.41, 5.74) is 6.90. The van der Waals surface area contributed by atoms with Crippen LogP contribution < -0.4 is 16.3 Å². The van der Waals surface area contributed by atoms with Gasteiger partial charge in [-0.1, -0.05) is 0 Å². The summed E-state index contributed by atoms with van der Waals surface area (Å²) in [6.07, 6.45) is 0. The maximum absolute atomic E-state index is 11.1. The van der Waals surface area contributed by atoms with Crippen molar-refractivity contribution in [1.82, 2.24) is 5.43 Å². The average Bonchev–Trinajstić information content (AvgIpc) is 2.04. The molecule has 5 N–H and O–H groups in total. The van der Waals surface area contributed by atoms with Crippen molar-refractivity contribution in [1.29, 1.82) is 0 Å². The molecule has 13 heavy (non-hydrogen) atoms. The molecule has 1 rings (SSSR count). The number of hydrogen-bond donors (Lipinski definition) is 4. The van der Waals surface area contributed by atoms with Crippen LogP contribution in [0.5, 0.6) is 5.75 Å². The molecule has 0 aromatic heterocycles. The maximum atomic E-state index is 11.1. The number of rotatable bonds is 2. The number of hydrogen-bond acceptors (Lipinski definition) is 3. The molecular weight excluding hydrogens is 174 g/mol. The molecule has 1 atom stereocenters. The first-order valence-electron chi connectivity index (χ1n) is 3.49. The van der Waals surface area contributed by atoms with Gasteiger partial charge < -0.3 is 16.0 Å². The molecule has 1 unspecified atom stereocenters. The Balaban J connectivity index is 2.71. The number of primary amides is 1. The predicted molar refractivity (Wildman–Crippen MR) is 44.8 cm³/mol. The first-order chi connectivity index (χ1) is 6.09. The van der Waals surface area contributed by atoms with E-state index in [1.165, 1.54) is 24.3 Å². The lowest BCUT2D eigenvalue weighted by Gasteiger charge is -2.19. The van der Waals surface area contributed by atoms with Crippen LogP contribution in [0.3, 0.4) is 0 Å². The first-order valence-corrected chi connectivity index (χ1v) is 3.49. The van der Waals surface area contributed by atoms with Gasteiger partial charge in [-0.15, -0.1) is 0 Å². The number of carbonyl (C=O) groups excluding carboxylic acids is 1. The standard InChI is InChI=1S/C7H9N3O3/c8-7(12)9-10(13)5-1-3-6(11)4-2-5/h1-4,10-11H,(H3,8,9,12). The second-order valence-corrected chi connectivity index (χ2v) is 2.37. The van der Waals surface area contributed by atoms with Crippen LogP contribution in [0.15, 0.2) is 24.3 Å². The largest absolute Gasteiger partial charge is 0.603 e. The monoisotopic (exact) mass is 183 g/mol. The molecule has 6 heteroatoms. The van der Waals surface area contributed by atoms with Crippen LogP contribution in [0.4, 0.5) is 10.5 Å². The van der Waals surface area contributed by atoms with Gasteiger partial charge in [-0.05, 0) is 12.1 Å². The highest BCUT2D eigenvalue weighted by Gasteiger charge is 2.03. The number of phenols is 1. The summed E-state index contributed by atoms with van der Waals surface area (Å²) in [6.45, 7) is 0. The van der Waals surface area contributed by atoms with Gasteiger partial charge in [0.05, 0.1) is 0 Å². The highest BCUT2D eigenvalue weighted by molar-refractivity contribution is 5.70. The van der Waals surface area contributed by atoms with Gasteiger partial charge >= 0.3 is 6.03 Å². The summed E-state index contributed by atoms with van der Waals surface area (Å²) in [4.78, 5) is 10.3. The number of carbonyl (C=O) groups is 1. The second kappa shape index (κ2) is 3.74. The smallest absolute Gasteiger partial charge is 0.357 e. The molecule has 0 saturated carbocycles. The van der Waals surface area contributed by atoms with E-state index in [0.717, 1.165) is 0 Å². The Morgan fingerprint density at radius 1 is 1.46 bits per heavy atom. The van der Waals surface area contributed by atoms with Gasteiger partial charge in [0.15, 0.2) is 5.69 Å². The summed E-state index contributed by atoms with van der Waals surface area (Å²) in [5, 5.41) is 19.4. The summed E-state index contributed by atoms with van der Waals surface area (Å²) in [6, 6.07) is 4.55. The summed E-state index contributed by atoms with van der Waals surface area (Å²) >= 11 is 0. The molecule has 0 radical (unpaired) electrons. The minimum atomic E-state index is -0.905. The van der Waals surface area contributed by atoms with Crippen LogP contribution in [-0.2, 0) is 0 Å². The Kier molecular flexibility index (Phi) is 2.68. The molecule has 6 nitrogen and oxygen atoms in total. The van der Waals surface area contributed by atoms with Gasteiger partial charge in [0.1, 0.15) is 5.75 Å². The molecule has 0 bridgehead atoms. The van der Waals surface area contributed by atoms with Gasteiger partial charge in [0.25, 0.3) is 0 Å². The SMILES string of the molecule is NC(=O)N[NH+]([O-])c1ccc(O)cc1. The number of benzene rings is 1. The van der Waals surface area contributed by atoms with E-state index in [4.69, 9.17) is 10.8 Å². The minimum Gasteiger partial charge on any atom is -0.603 e. The van der Waals surface area contributed by atoms with E-state index >= 15 is 0 Å². The van der Waals surface area contributed by atoms with Crippen LogP contribution in [0.2, 0.25) is 0 Å². The fourth-order valence-electron chi connectivity index (χ4n) is 0.797. The van der Waals surface area contributed by atoms with E-state index < -0.39 is 11.2 Å². The molecule has 0 aliphatic heterocycles. The summed E-state index contributed by atoms with van der Waals surface area (Å²) in [7, 11) is 0. The van der Waals surface area contributed by atoms with Crippen molar-refractivity contribution in [3.63, 3.8) is 0 Å². The fraction of sp³-hybridized carbons (Fsp3) is 0. The topological polar surface area (TPSA) is 103 Å². The molecule has 1 aromatic rings. The Morgan fingerprint density at radius 2 is 2.00 bits per heavy atom. The maximum Gasteiger partial charge on any atom is 0.357 e. The van der Waals surface area contributed by atoms with Crippen molar-refractivity contribution in [2.45, 2.75) is 0 Å². The van der Waals surface area contributed by atoms with E-state index in [1.54, 1.807) is 0 Å². The third-order valence-electron chi connectivity index (χ3n) is 1.37. The zero-order valence-electron chi connectivity index (χ0n) is 6.65. The Hall–Kier alpha value is -1.79. The number of phenolic OH excluding ortho intramolecular Hbond substituents is 1. The van der Waals surface area contributed by atoms with Crippen molar-refractivity contribution >= 4 is 11.7 Å². The zero-order valence-corrected chi connectivity index (χ0v) is 6.65. The molecule has 2 amide bonds. The molecule has 1 aromatic carbocycles. The highest BCUT2D eigenvalue weighted by Crippen LogP contribution is 2.09. The average molecular weight is 183 g/mol. The van der Waals surface area contributed by atoms with E-state index in [-0.39, 0.29) is 11.4 Å². The lowest BCUT2D eigenvalue weighted by atomic mass is 10.3. The Bertz CT molecular complexity index is 298. The van der Waals surface area contributed by atoms with Gasteiger partial charge in [0, 0.05) is 12.1 Å². The van der Waals surface area contributed by atoms with Crippen LogP contribution in [-0.4, -0.2) is 11.1 Å². The van der Waals surface area contributed by atoms with Crippen LogP contribution in [0, 0.1) is 5.21 Å². The molecule has 0 fully saturated rings. The zero-order chi connectivity index (χ0) is 9.84.